The quantitative estimate of drug-likeness (QED) is 0.585. The van der Waals surface area contributed by atoms with Gasteiger partial charge in [0.1, 0.15) is 11.3 Å². The molecule has 160 valence electrons. The number of nitrogens with two attached hydrogens (primary N) is 1. The maximum absolute atomic E-state index is 12.1. The van der Waals surface area contributed by atoms with Gasteiger partial charge in [0.25, 0.3) is 0 Å². The molecule has 7 nitrogen and oxygen atoms in total. The average Bonchev–Trinajstić information content (AvgIpc) is 3.32. The Hall–Kier alpha value is -2.48. The molecule has 2 unspecified atom stereocenters. The number of aryl methyl sites for hydroxylation is 2. The Morgan fingerprint density at radius 2 is 2.10 bits per heavy atom. The molecule has 2 N–H and O–H groups in total. The standard InChI is InChI=1S/C22H29N5O2S/c1-3-19-25-20-21(17-8-4-5-9-18(17)24-22(20)23)27(19)12-7-6-11-26(15(2)28)16-10-13-30(29)14-16/h4-5,8-9,16H,3,6-7,10-14H2,1-2H3,(H2,23,24). The SMILES string of the molecule is CCc1nc2c(N)nc3ccccc3c2n1CCCCN(C(C)=O)C1CCS(=O)C1. The lowest BCUT2D eigenvalue weighted by Gasteiger charge is -2.27. The molecule has 1 amide bonds. The van der Waals surface area contributed by atoms with Crippen molar-refractivity contribution in [3.63, 3.8) is 0 Å². The summed E-state index contributed by atoms with van der Waals surface area (Å²) in [5, 5.41) is 1.06. The van der Waals surface area contributed by atoms with Crippen LogP contribution in [0.15, 0.2) is 24.3 Å². The van der Waals surface area contributed by atoms with Crippen LogP contribution < -0.4 is 5.73 Å². The van der Waals surface area contributed by atoms with E-state index in [1.807, 2.05) is 23.1 Å². The number of imidazole rings is 1. The van der Waals surface area contributed by atoms with Crippen molar-refractivity contribution in [1.29, 1.82) is 0 Å². The van der Waals surface area contributed by atoms with Gasteiger partial charge in [-0.05, 0) is 25.3 Å². The molecule has 0 radical (unpaired) electrons. The summed E-state index contributed by atoms with van der Waals surface area (Å²) >= 11 is 0. The largest absolute Gasteiger partial charge is 0.382 e. The van der Waals surface area contributed by atoms with E-state index in [1.54, 1.807) is 6.92 Å². The number of para-hydroxylation sites is 1. The van der Waals surface area contributed by atoms with Crippen molar-refractivity contribution in [2.45, 2.75) is 52.1 Å². The van der Waals surface area contributed by atoms with Gasteiger partial charge in [0, 0.05) is 60.2 Å². The smallest absolute Gasteiger partial charge is 0.219 e. The summed E-state index contributed by atoms with van der Waals surface area (Å²) < 4.78 is 14.0. The molecule has 2 atom stereocenters. The lowest BCUT2D eigenvalue weighted by molar-refractivity contribution is -0.130. The minimum atomic E-state index is -0.782. The van der Waals surface area contributed by atoms with E-state index in [9.17, 15) is 9.00 Å². The molecule has 3 aromatic rings. The molecule has 0 aliphatic carbocycles. The summed E-state index contributed by atoms with van der Waals surface area (Å²) in [6.45, 7) is 5.23. The van der Waals surface area contributed by atoms with E-state index in [0.717, 1.165) is 60.0 Å². The molecule has 2 aromatic heterocycles. The normalized spacial score (nSPS) is 19.0. The first-order valence-corrected chi connectivity index (χ1v) is 12.1. The van der Waals surface area contributed by atoms with Crippen LogP contribution in [0.4, 0.5) is 5.82 Å². The highest BCUT2D eigenvalue weighted by molar-refractivity contribution is 7.85. The Labute approximate surface area is 179 Å². The number of nitrogen functional groups attached to an aromatic ring is 1. The van der Waals surface area contributed by atoms with Crippen molar-refractivity contribution >= 4 is 44.5 Å². The number of amides is 1. The van der Waals surface area contributed by atoms with Crippen molar-refractivity contribution in [1.82, 2.24) is 19.4 Å². The van der Waals surface area contributed by atoms with Crippen LogP contribution in [0, 0.1) is 0 Å². The van der Waals surface area contributed by atoms with E-state index in [-0.39, 0.29) is 11.9 Å². The summed E-state index contributed by atoms with van der Waals surface area (Å²) in [5.41, 5.74) is 8.90. The highest BCUT2D eigenvalue weighted by Crippen LogP contribution is 2.29. The molecule has 3 heterocycles. The molecular weight excluding hydrogens is 398 g/mol. The number of hydrogen-bond acceptors (Lipinski definition) is 5. The van der Waals surface area contributed by atoms with Gasteiger partial charge in [-0.25, -0.2) is 9.97 Å². The second-order valence-corrected chi connectivity index (χ2v) is 9.54. The Kier molecular flexibility index (Phi) is 6.04. The van der Waals surface area contributed by atoms with E-state index < -0.39 is 10.8 Å². The second kappa shape index (κ2) is 8.71. The Bertz CT molecular complexity index is 1110. The molecule has 8 heteroatoms. The van der Waals surface area contributed by atoms with Crippen molar-refractivity contribution in [3.05, 3.63) is 30.1 Å². The zero-order valence-corrected chi connectivity index (χ0v) is 18.5. The van der Waals surface area contributed by atoms with E-state index >= 15 is 0 Å². The predicted molar refractivity (Wildman–Crippen MR) is 122 cm³/mol. The Morgan fingerprint density at radius 3 is 2.80 bits per heavy atom. The van der Waals surface area contributed by atoms with Crippen LogP contribution >= 0.6 is 0 Å². The molecular formula is C22H29N5O2S. The van der Waals surface area contributed by atoms with Gasteiger partial charge >= 0.3 is 0 Å². The second-order valence-electron chi connectivity index (χ2n) is 7.92. The van der Waals surface area contributed by atoms with Crippen LogP contribution in [0.1, 0.15) is 38.9 Å². The number of unbranched alkanes of at least 4 members (excludes halogenated alkanes) is 1. The molecule has 0 saturated carbocycles. The van der Waals surface area contributed by atoms with Crippen molar-refractivity contribution in [2.75, 3.05) is 23.8 Å². The van der Waals surface area contributed by atoms with E-state index in [2.05, 4.69) is 22.5 Å². The van der Waals surface area contributed by atoms with Gasteiger partial charge in [0.05, 0.1) is 11.0 Å². The number of carbonyl (C=O) groups excluding carboxylic acids is 1. The number of aromatic nitrogens is 3. The minimum absolute atomic E-state index is 0.0751. The molecule has 1 fully saturated rings. The van der Waals surface area contributed by atoms with E-state index in [4.69, 9.17) is 10.7 Å². The average molecular weight is 428 g/mol. The van der Waals surface area contributed by atoms with E-state index in [1.165, 1.54) is 0 Å². The van der Waals surface area contributed by atoms with Gasteiger partial charge in [-0.1, -0.05) is 25.1 Å². The minimum Gasteiger partial charge on any atom is -0.382 e. The summed E-state index contributed by atoms with van der Waals surface area (Å²) in [6, 6.07) is 8.15. The third-order valence-electron chi connectivity index (χ3n) is 5.94. The van der Waals surface area contributed by atoms with Crippen molar-refractivity contribution < 1.29 is 9.00 Å². The topological polar surface area (TPSA) is 94.1 Å². The fraction of sp³-hybridized carbons (Fsp3) is 0.500. The fourth-order valence-corrected chi connectivity index (χ4v) is 5.94. The zero-order valence-electron chi connectivity index (χ0n) is 17.6. The predicted octanol–water partition coefficient (Wildman–Crippen LogP) is 2.88. The van der Waals surface area contributed by atoms with Crippen LogP contribution in [0.2, 0.25) is 0 Å². The molecule has 30 heavy (non-hydrogen) atoms. The number of hydrogen-bond donors (Lipinski definition) is 1. The van der Waals surface area contributed by atoms with Gasteiger partial charge in [-0.15, -0.1) is 0 Å². The van der Waals surface area contributed by atoms with Gasteiger partial charge < -0.3 is 15.2 Å². The van der Waals surface area contributed by atoms with E-state index in [0.29, 0.717) is 23.9 Å². The molecule has 4 rings (SSSR count). The first-order chi connectivity index (χ1) is 14.5. The summed E-state index contributed by atoms with van der Waals surface area (Å²) in [7, 11) is -0.782. The third-order valence-corrected chi connectivity index (χ3v) is 7.39. The maximum Gasteiger partial charge on any atom is 0.219 e. The maximum atomic E-state index is 12.1. The van der Waals surface area contributed by atoms with Crippen LogP contribution in [-0.2, 0) is 28.6 Å². The van der Waals surface area contributed by atoms with Crippen LogP contribution in [-0.4, -0.2) is 53.6 Å². The first kappa shape index (κ1) is 20.8. The molecule has 1 aliphatic rings. The number of pyridine rings is 1. The van der Waals surface area contributed by atoms with Gasteiger partial charge in [0.15, 0.2) is 5.82 Å². The third kappa shape index (κ3) is 3.93. The van der Waals surface area contributed by atoms with Crippen LogP contribution in [0.5, 0.6) is 0 Å². The Balaban J connectivity index is 1.54. The molecule has 0 bridgehead atoms. The number of rotatable bonds is 7. The number of anilines is 1. The molecule has 1 aromatic carbocycles. The number of nitrogens with zero attached hydrogens (tertiary/aromatic N) is 4. The fourth-order valence-electron chi connectivity index (χ4n) is 4.46. The van der Waals surface area contributed by atoms with Crippen molar-refractivity contribution in [3.8, 4) is 0 Å². The Morgan fingerprint density at radius 1 is 1.30 bits per heavy atom. The highest BCUT2D eigenvalue weighted by atomic mass is 32.2. The number of benzene rings is 1. The lowest BCUT2D eigenvalue weighted by Crippen LogP contribution is -2.40. The summed E-state index contributed by atoms with van der Waals surface area (Å²) in [5.74, 6) is 2.87. The zero-order chi connectivity index (χ0) is 21.3. The molecule has 0 spiro atoms. The number of fused-ring (bicyclic) bond motifs is 3. The monoisotopic (exact) mass is 427 g/mol. The van der Waals surface area contributed by atoms with Crippen molar-refractivity contribution in [2.24, 2.45) is 0 Å². The lowest BCUT2D eigenvalue weighted by atomic mass is 10.1. The number of carbonyl (C=O) groups is 1. The molecule has 1 saturated heterocycles. The van der Waals surface area contributed by atoms with Crippen LogP contribution in [0.3, 0.4) is 0 Å². The van der Waals surface area contributed by atoms with Gasteiger partial charge in [0.2, 0.25) is 5.91 Å². The summed E-state index contributed by atoms with van der Waals surface area (Å²) in [4.78, 5) is 23.3. The highest BCUT2D eigenvalue weighted by Gasteiger charge is 2.28. The van der Waals surface area contributed by atoms with Gasteiger partial charge in [-0.3, -0.25) is 9.00 Å². The molecule has 1 aliphatic heterocycles. The van der Waals surface area contributed by atoms with Gasteiger partial charge in [-0.2, -0.15) is 0 Å². The first-order valence-electron chi connectivity index (χ1n) is 10.6. The summed E-state index contributed by atoms with van der Waals surface area (Å²) in [6.07, 6.45) is 3.48. The van der Waals surface area contributed by atoms with Crippen LogP contribution in [0.25, 0.3) is 21.9 Å².